The van der Waals surface area contributed by atoms with Crippen LogP contribution in [0.3, 0.4) is 0 Å². The second-order valence-electron chi connectivity index (χ2n) is 3.72. The van der Waals surface area contributed by atoms with Gasteiger partial charge in [-0.05, 0) is 18.2 Å². The lowest BCUT2D eigenvalue weighted by Crippen LogP contribution is -2.00. The molecule has 0 bridgehead atoms. The predicted molar refractivity (Wildman–Crippen MR) is 74.2 cm³/mol. The monoisotopic (exact) mass is 307 g/mol. The molecule has 0 unspecified atom stereocenters. The molecule has 2 aromatic rings. The number of hydrogen-bond acceptors (Lipinski definition) is 3. The summed E-state index contributed by atoms with van der Waals surface area (Å²) in [7, 11) is 1.64. The van der Waals surface area contributed by atoms with Crippen LogP contribution in [0, 0.1) is 0 Å². The van der Waals surface area contributed by atoms with Crippen molar-refractivity contribution in [2.24, 2.45) is 0 Å². The van der Waals surface area contributed by atoms with Gasteiger partial charge in [-0.25, -0.2) is 0 Å². The first-order valence-corrected chi connectivity index (χ1v) is 6.71. The quantitative estimate of drug-likeness (QED) is 0.791. The average Bonchev–Trinajstić information content (AvgIpc) is 2.45. The van der Waals surface area contributed by atoms with E-state index in [2.05, 4.69) is 20.9 Å². The standard InChI is InChI=1S/C14H14BrNO2/c1-17-13-6-5-11(9-15)14(8-13)18-10-12-4-2-3-7-16-12/h2-8H,9-10H2,1H3. The fraction of sp³-hybridized carbons (Fsp3) is 0.214. The molecule has 0 aliphatic carbocycles. The van der Waals surface area contributed by atoms with Gasteiger partial charge in [0.1, 0.15) is 18.1 Å². The second-order valence-corrected chi connectivity index (χ2v) is 4.28. The summed E-state index contributed by atoms with van der Waals surface area (Å²) in [4.78, 5) is 4.22. The number of halogens is 1. The van der Waals surface area contributed by atoms with Gasteiger partial charge in [0.25, 0.3) is 0 Å². The molecule has 0 atom stereocenters. The first-order valence-electron chi connectivity index (χ1n) is 5.59. The average molecular weight is 308 g/mol. The van der Waals surface area contributed by atoms with E-state index in [0.717, 1.165) is 28.1 Å². The first-order chi connectivity index (χ1) is 8.83. The molecule has 4 heteroatoms. The van der Waals surface area contributed by atoms with E-state index < -0.39 is 0 Å². The maximum absolute atomic E-state index is 5.78. The van der Waals surface area contributed by atoms with Gasteiger partial charge in [-0.1, -0.05) is 28.1 Å². The molecule has 0 saturated carbocycles. The molecule has 1 heterocycles. The Morgan fingerprint density at radius 3 is 2.78 bits per heavy atom. The van der Waals surface area contributed by atoms with E-state index >= 15 is 0 Å². The van der Waals surface area contributed by atoms with Gasteiger partial charge in [-0.15, -0.1) is 0 Å². The van der Waals surface area contributed by atoms with Crippen molar-refractivity contribution < 1.29 is 9.47 Å². The summed E-state index contributed by atoms with van der Waals surface area (Å²) in [6.45, 7) is 0.452. The van der Waals surface area contributed by atoms with Crippen molar-refractivity contribution in [2.45, 2.75) is 11.9 Å². The van der Waals surface area contributed by atoms with Crippen LogP contribution in [0.5, 0.6) is 11.5 Å². The zero-order valence-electron chi connectivity index (χ0n) is 10.1. The topological polar surface area (TPSA) is 31.4 Å². The molecule has 1 aromatic carbocycles. The summed E-state index contributed by atoms with van der Waals surface area (Å²) in [5, 5.41) is 0.745. The number of ether oxygens (including phenoxy) is 2. The number of hydrogen-bond donors (Lipinski definition) is 0. The van der Waals surface area contributed by atoms with Crippen molar-refractivity contribution in [3.63, 3.8) is 0 Å². The van der Waals surface area contributed by atoms with Crippen molar-refractivity contribution in [1.82, 2.24) is 4.98 Å². The van der Waals surface area contributed by atoms with E-state index in [9.17, 15) is 0 Å². The van der Waals surface area contributed by atoms with Gasteiger partial charge in [0.2, 0.25) is 0 Å². The third-order valence-electron chi connectivity index (χ3n) is 2.52. The van der Waals surface area contributed by atoms with E-state index in [1.165, 1.54) is 0 Å². The lowest BCUT2D eigenvalue weighted by Gasteiger charge is -2.11. The van der Waals surface area contributed by atoms with Gasteiger partial charge in [0.05, 0.1) is 12.8 Å². The Bertz CT molecular complexity index is 502. The fourth-order valence-corrected chi connectivity index (χ4v) is 2.01. The minimum absolute atomic E-state index is 0.452. The first kappa shape index (κ1) is 12.9. The number of benzene rings is 1. The Kier molecular flexibility index (Phi) is 4.59. The molecule has 2 rings (SSSR count). The number of rotatable bonds is 5. The molecule has 0 radical (unpaired) electrons. The molecule has 0 fully saturated rings. The molecule has 18 heavy (non-hydrogen) atoms. The smallest absolute Gasteiger partial charge is 0.130 e. The van der Waals surface area contributed by atoms with Crippen LogP contribution in [0.2, 0.25) is 0 Å². The van der Waals surface area contributed by atoms with Crippen molar-refractivity contribution in [3.8, 4) is 11.5 Å². The molecule has 0 aliphatic rings. The van der Waals surface area contributed by atoms with Crippen molar-refractivity contribution in [1.29, 1.82) is 0 Å². The summed E-state index contributed by atoms with van der Waals surface area (Å²) in [6, 6.07) is 11.6. The molecule has 94 valence electrons. The van der Waals surface area contributed by atoms with Crippen LogP contribution in [0.15, 0.2) is 42.6 Å². The van der Waals surface area contributed by atoms with E-state index in [-0.39, 0.29) is 0 Å². The van der Waals surface area contributed by atoms with Crippen LogP contribution in [0.25, 0.3) is 0 Å². The molecule has 0 saturated heterocycles. The summed E-state index contributed by atoms with van der Waals surface area (Å²) < 4.78 is 11.0. The predicted octanol–water partition coefficient (Wildman–Crippen LogP) is 3.56. The molecular weight excluding hydrogens is 294 g/mol. The largest absolute Gasteiger partial charge is 0.497 e. The van der Waals surface area contributed by atoms with Crippen molar-refractivity contribution in [3.05, 3.63) is 53.9 Å². The van der Waals surface area contributed by atoms with Crippen molar-refractivity contribution in [2.75, 3.05) is 7.11 Å². The summed E-state index contributed by atoms with van der Waals surface area (Å²) in [5.41, 5.74) is 1.99. The van der Waals surface area contributed by atoms with E-state index in [4.69, 9.17) is 9.47 Å². The van der Waals surface area contributed by atoms with Crippen LogP contribution >= 0.6 is 15.9 Å². The van der Waals surface area contributed by atoms with Gasteiger partial charge in [-0.3, -0.25) is 4.98 Å². The number of pyridine rings is 1. The van der Waals surface area contributed by atoms with E-state index in [1.807, 2.05) is 36.4 Å². The van der Waals surface area contributed by atoms with E-state index in [1.54, 1.807) is 13.3 Å². The molecular formula is C14H14BrNO2. The highest BCUT2D eigenvalue weighted by atomic mass is 79.9. The van der Waals surface area contributed by atoms with Gasteiger partial charge >= 0.3 is 0 Å². The SMILES string of the molecule is COc1ccc(CBr)c(OCc2ccccn2)c1. The Hall–Kier alpha value is -1.55. The highest BCUT2D eigenvalue weighted by Gasteiger charge is 2.05. The van der Waals surface area contributed by atoms with Gasteiger partial charge in [0.15, 0.2) is 0 Å². The summed E-state index contributed by atoms with van der Waals surface area (Å²) in [6.07, 6.45) is 1.76. The molecule has 0 amide bonds. The lowest BCUT2D eigenvalue weighted by atomic mass is 10.2. The molecule has 0 spiro atoms. The van der Waals surface area contributed by atoms with Crippen LogP contribution in [0.4, 0.5) is 0 Å². The Morgan fingerprint density at radius 1 is 1.22 bits per heavy atom. The van der Waals surface area contributed by atoms with Crippen LogP contribution in [0.1, 0.15) is 11.3 Å². The van der Waals surface area contributed by atoms with Crippen molar-refractivity contribution >= 4 is 15.9 Å². The van der Waals surface area contributed by atoms with Gasteiger partial charge in [-0.2, -0.15) is 0 Å². The summed E-state index contributed by atoms with van der Waals surface area (Å²) >= 11 is 3.44. The lowest BCUT2D eigenvalue weighted by molar-refractivity contribution is 0.296. The highest BCUT2D eigenvalue weighted by molar-refractivity contribution is 9.08. The maximum Gasteiger partial charge on any atom is 0.130 e. The molecule has 0 aliphatic heterocycles. The minimum atomic E-state index is 0.452. The third-order valence-corrected chi connectivity index (χ3v) is 3.12. The van der Waals surface area contributed by atoms with Crippen LogP contribution < -0.4 is 9.47 Å². The molecule has 0 N–H and O–H groups in total. The van der Waals surface area contributed by atoms with Crippen LogP contribution in [-0.4, -0.2) is 12.1 Å². The molecule has 1 aromatic heterocycles. The number of nitrogens with zero attached hydrogens (tertiary/aromatic N) is 1. The third kappa shape index (κ3) is 3.23. The Labute approximate surface area is 115 Å². The van der Waals surface area contributed by atoms with Gasteiger partial charge in [0, 0.05) is 23.2 Å². The zero-order chi connectivity index (χ0) is 12.8. The normalized spacial score (nSPS) is 10.1. The molecule has 3 nitrogen and oxygen atoms in total. The summed E-state index contributed by atoms with van der Waals surface area (Å²) in [5.74, 6) is 1.60. The maximum atomic E-state index is 5.78. The second kappa shape index (κ2) is 6.40. The fourth-order valence-electron chi connectivity index (χ4n) is 1.54. The van der Waals surface area contributed by atoms with E-state index in [0.29, 0.717) is 6.61 Å². The Balaban J connectivity index is 2.12. The number of alkyl halides is 1. The highest BCUT2D eigenvalue weighted by Crippen LogP contribution is 2.27. The zero-order valence-corrected chi connectivity index (χ0v) is 11.7. The Morgan fingerprint density at radius 2 is 2.11 bits per heavy atom. The number of aromatic nitrogens is 1. The van der Waals surface area contributed by atoms with Crippen LogP contribution in [-0.2, 0) is 11.9 Å². The minimum Gasteiger partial charge on any atom is -0.497 e. The van der Waals surface area contributed by atoms with Gasteiger partial charge < -0.3 is 9.47 Å². The number of methoxy groups -OCH3 is 1.